The van der Waals surface area contributed by atoms with E-state index >= 15 is 0 Å². The summed E-state index contributed by atoms with van der Waals surface area (Å²) in [4.78, 5) is 28.8. The van der Waals surface area contributed by atoms with Gasteiger partial charge >= 0.3 is 0 Å². The van der Waals surface area contributed by atoms with Crippen LogP contribution in [0.25, 0.3) is 5.69 Å². The van der Waals surface area contributed by atoms with Crippen molar-refractivity contribution in [1.82, 2.24) is 19.6 Å². The molecule has 0 spiro atoms. The van der Waals surface area contributed by atoms with E-state index in [1.54, 1.807) is 44.9 Å². The van der Waals surface area contributed by atoms with E-state index in [2.05, 4.69) is 5.10 Å². The number of aromatic nitrogens is 2. The number of rotatable bonds is 3. The average Bonchev–Trinajstić information content (AvgIpc) is 3.37. The van der Waals surface area contributed by atoms with Crippen molar-refractivity contribution in [2.45, 2.75) is 6.92 Å². The highest BCUT2D eigenvalue weighted by Gasteiger charge is 2.28. The normalized spacial score (nSPS) is 14.4. The van der Waals surface area contributed by atoms with Crippen molar-refractivity contribution in [3.8, 4) is 5.69 Å². The van der Waals surface area contributed by atoms with E-state index in [1.807, 2.05) is 19.1 Å². The van der Waals surface area contributed by atoms with Crippen LogP contribution in [0, 0.1) is 6.92 Å². The number of amides is 2. The summed E-state index contributed by atoms with van der Waals surface area (Å²) in [6.45, 7) is 3.72. The number of piperazine rings is 1. The Balaban J connectivity index is 1.45. The molecule has 8 heteroatoms. The molecule has 28 heavy (non-hydrogen) atoms. The van der Waals surface area contributed by atoms with E-state index < -0.39 is 0 Å². The fourth-order valence-electron chi connectivity index (χ4n) is 3.33. The number of hydrogen-bond acceptors (Lipinski definition) is 4. The van der Waals surface area contributed by atoms with Crippen molar-refractivity contribution < 1.29 is 14.0 Å². The Hall–Kier alpha value is -3.06. The van der Waals surface area contributed by atoms with Gasteiger partial charge in [0.25, 0.3) is 11.8 Å². The summed E-state index contributed by atoms with van der Waals surface area (Å²) in [6, 6.07) is 10.7. The van der Waals surface area contributed by atoms with Gasteiger partial charge in [0.2, 0.25) is 0 Å². The van der Waals surface area contributed by atoms with E-state index in [0.29, 0.717) is 42.5 Å². The smallest absolute Gasteiger partial charge is 0.289 e. The SMILES string of the molecule is Cc1c(C(=O)N2CCN(C(=O)c3ccco3)CC2)cnn1-c1cccc(Cl)c1. The summed E-state index contributed by atoms with van der Waals surface area (Å²) in [7, 11) is 0. The fraction of sp³-hybridized carbons (Fsp3) is 0.250. The topological polar surface area (TPSA) is 71.6 Å². The van der Waals surface area contributed by atoms with Gasteiger partial charge in [-0.3, -0.25) is 9.59 Å². The number of benzene rings is 1. The Morgan fingerprint density at radius 1 is 1.04 bits per heavy atom. The van der Waals surface area contributed by atoms with Crippen LogP contribution in [0.4, 0.5) is 0 Å². The van der Waals surface area contributed by atoms with Crippen molar-refractivity contribution in [1.29, 1.82) is 0 Å². The van der Waals surface area contributed by atoms with Crippen LogP contribution in [0.5, 0.6) is 0 Å². The zero-order chi connectivity index (χ0) is 19.7. The lowest BCUT2D eigenvalue weighted by Gasteiger charge is -2.34. The fourth-order valence-corrected chi connectivity index (χ4v) is 3.51. The monoisotopic (exact) mass is 398 g/mol. The van der Waals surface area contributed by atoms with Crippen LogP contribution in [0.1, 0.15) is 26.6 Å². The number of carbonyl (C=O) groups is 2. The zero-order valence-electron chi connectivity index (χ0n) is 15.3. The van der Waals surface area contributed by atoms with Gasteiger partial charge in [0.15, 0.2) is 5.76 Å². The summed E-state index contributed by atoms with van der Waals surface area (Å²) < 4.78 is 6.87. The standard InChI is InChI=1S/C20H19ClN4O3/c1-14-17(13-22-25(14)16-5-2-4-15(21)12-16)19(26)23-7-9-24(10-8-23)20(27)18-6-3-11-28-18/h2-6,11-13H,7-10H2,1H3. The van der Waals surface area contributed by atoms with Gasteiger partial charge in [0, 0.05) is 31.2 Å². The molecular weight excluding hydrogens is 380 g/mol. The van der Waals surface area contributed by atoms with Crippen molar-refractivity contribution in [2.24, 2.45) is 0 Å². The van der Waals surface area contributed by atoms with Gasteiger partial charge in [-0.05, 0) is 37.3 Å². The summed E-state index contributed by atoms with van der Waals surface area (Å²) in [6.07, 6.45) is 3.06. The average molecular weight is 399 g/mol. The van der Waals surface area contributed by atoms with E-state index in [1.165, 1.54) is 6.26 Å². The van der Waals surface area contributed by atoms with Gasteiger partial charge in [-0.15, -0.1) is 0 Å². The Bertz CT molecular complexity index is 1000. The van der Waals surface area contributed by atoms with Crippen molar-refractivity contribution >= 4 is 23.4 Å². The zero-order valence-corrected chi connectivity index (χ0v) is 16.1. The minimum Gasteiger partial charge on any atom is -0.459 e. The Kier molecular flexibility index (Phi) is 4.92. The van der Waals surface area contributed by atoms with Crippen molar-refractivity contribution in [2.75, 3.05) is 26.2 Å². The molecule has 0 unspecified atom stereocenters. The van der Waals surface area contributed by atoms with Crippen LogP contribution < -0.4 is 0 Å². The van der Waals surface area contributed by atoms with Gasteiger partial charge in [0.05, 0.1) is 29.4 Å². The molecule has 1 aliphatic rings. The number of furan rings is 1. The first kappa shape index (κ1) is 18.3. The van der Waals surface area contributed by atoms with Gasteiger partial charge in [-0.2, -0.15) is 5.10 Å². The Labute approximate surface area is 167 Å². The second kappa shape index (κ2) is 7.52. The number of carbonyl (C=O) groups excluding carboxylic acids is 2. The van der Waals surface area contributed by atoms with Gasteiger partial charge in [0.1, 0.15) is 0 Å². The molecule has 4 rings (SSSR count). The highest BCUT2D eigenvalue weighted by Crippen LogP contribution is 2.20. The highest BCUT2D eigenvalue weighted by molar-refractivity contribution is 6.30. The third-order valence-electron chi connectivity index (χ3n) is 4.88. The highest BCUT2D eigenvalue weighted by atomic mass is 35.5. The number of hydrogen-bond donors (Lipinski definition) is 0. The molecule has 144 valence electrons. The quantitative estimate of drug-likeness (QED) is 0.679. The molecule has 2 amide bonds. The second-order valence-electron chi connectivity index (χ2n) is 6.60. The molecule has 0 atom stereocenters. The number of halogens is 1. The molecule has 0 saturated carbocycles. The summed E-state index contributed by atoms with van der Waals surface area (Å²) >= 11 is 6.06. The summed E-state index contributed by atoms with van der Waals surface area (Å²) in [5, 5.41) is 4.96. The van der Waals surface area contributed by atoms with E-state index in [9.17, 15) is 9.59 Å². The van der Waals surface area contributed by atoms with Crippen LogP contribution in [0.2, 0.25) is 5.02 Å². The minimum atomic E-state index is -0.151. The van der Waals surface area contributed by atoms with Crippen molar-refractivity contribution in [3.05, 3.63) is 70.9 Å². The van der Waals surface area contributed by atoms with E-state index in [0.717, 1.165) is 11.4 Å². The predicted octanol–water partition coefficient (Wildman–Crippen LogP) is 3.03. The Morgan fingerprint density at radius 3 is 2.39 bits per heavy atom. The Morgan fingerprint density at radius 2 is 1.75 bits per heavy atom. The molecule has 0 bridgehead atoms. The molecule has 0 radical (unpaired) electrons. The molecule has 1 saturated heterocycles. The van der Waals surface area contributed by atoms with Crippen LogP contribution in [0.15, 0.2) is 53.3 Å². The molecule has 1 fully saturated rings. The molecule has 2 aromatic heterocycles. The third-order valence-corrected chi connectivity index (χ3v) is 5.11. The van der Waals surface area contributed by atoms with Crippen LogP contribution in [0.3, 0.4) is 0 Å². The first-order chi connectivity index (χ1) is 13.5. The molecular formula is C20H19ClN4O3. The third kappa shape index (κ3) is 3.41. The first-order valence-corrected chi connectivity index (χ1v) is 9.35. The maximum atomic E-state index is 13.0. The lowest BCUT2D eigenvalue weighted by Crippen LogP contribution is -2.50. The maximum Gasteiger partial charge on any atom is 0.289 e. The summed E-state index contributed by atoms with van der Waals surface area (Å²) in [5.41, 5.74) is 2.10. The minimum absolute atomic E-state index is 0.0872. The largest absolute Gasteiger partial charge is 0.459 e. The van der Waals surface area contributed by atoms with E-state index in [4.69, 9.17) is 16.0 Å². The maximum absolute atomic E-state index is 13.0. The van der Waals surface area contributed by atoms with Gasteiger partial charge in [-0.25, -0.2) is 4.68 Å². The predicted molar refractivity (Wildman–Crippen MR) is 104 cm³/mol. The van der Waals surface area contributed by atoms with Crippen LogP contribution >= 0.6 is 11.6 Å². The molecule has 0 aliphatic carbocycles. The second-order valence-corrected chi connectivity index (χ2v) is 7.03. The summed E-state index contributed by atoms with van der Waals surface area (Å²) in [5.74, 6) is 0.0800. The lowest BCUT2D eigenvalue weighted by molar-refractivity contribution is 0.0517. The number of nitrogens with zero attached hydrogens (tertiary/aromatic N) is 4. The first-order valence-electron chi connectivity index (χ1n) is 8.97. The molecule has 3 aromatic rings. The van der Waals surface area contributed by atoms with Gasteiger partial charge < -0.3 is 14.2 Å². The molecule has 7 nitrogen and oxygen atoms in total. The molecule has 0 N–H and O–H groups in total. The lowest BCUT2D eigenvalue weighted by atomic mass is 10.2. The van der Waals surface area contributed by atoms with Crippen LogP contribution in [-0.2, 0) is 0 Å². The van der Waals surface area contributed by atoms with Gasteiger partial charge in [-0.1, -0.05) is 17.7 Å². The molecule has 3 heterocycles. The van der Waals surface area contributed by atoms with Crippen LogP contribution in [-0.4, -0.2) is 57.6 Å². The molecule has 1 aliphatic heterocycles. The van der Waals surface area contributed by atoms with Crippen molar-refractivity contribution in [3.63, 3.8) is 0 Å². The molecule has 1 aromatic carbocycles. The van der Waals surface area contributed by atoms with E-state index in [-0.39, 0.29) is 11.8 Å².